The van der Waals surface area contributed by atoms with E-state index >= 15 is 0 Å². The molecule has 0 aliphatic rings. The third kappa shape index (κ3) is 149. The van der Waals surface area contributed by atoms with Gasteiger partial charge in [-0.2, -0.15) is 0 Å². The van der Waals surface area contributed by atoms with Crippen molar-refractivity contribution in [1.29, 1.82) is 0 Å². The van der Waals surface area contributed by atoms with Crippen LogP contribution in [-0.4, -0.2) is 45.8 Å². The highest BCUT2D eigenvalue weighted by Gasteiger charge is 1.81. The number of aliphatic hydroxyl groups excluding tert-OH is 4. The van der Waals surface area contributed by atoms with E-state index in [4.69, 9.17) is 20.4 Å². The zero-order valence-corrected chi connectivity index (χ0v) is 13.2. The van der Waals surface area contributed by atoms with Gasteiger partial charge in [-0.1, -0.05) is 27.2 Å². The van der Waals surface area contributed by atoms with E-state index in [0.29, 0.717) is 13.2 Å². The Kier molecular flexibility index (Phi) is 44.2. The Hall–Kier alpha value is -0.160. The minimum Gasteiger partial charge on any atom is -0.396 e. The number of unbranched alkanes of at least 4 members (excludes halogenated alkanes) is 1. The van der Waals surface area contributed by atoms with Gasteiger partial charge in [0.05, 0.1) is 6.10 Å². The SMILES string of the molecule is CC(C)O.CCC(C)O.CCCCO.CCCO. The highest BCUT2D eigenvalue weighted by molar-refractivity contribution is 4.34. The first-order valence-corrected chi connectivity index (χ1v) is 6.91. The van der Waals surface area contributed by atoms with Crippen molar-refractivity contribution >= 4 is 0 Å². The molecule has 0 radical (unpaired) electrons. The molecule has 116 valence electrons. The monoisotopic (exact) mass is 268 g/mol. The molecule has 4 N–H and O–H groups in total. The Bertz CT molecular complexity index is 89.0. The van der Waals surface area contributed by atoms with Gasteiger partial charge in [0.2, 0.25) is 0 Å². The van der Waals surface area contributed by atoms with Crippen LogP contribution in [0.3, 0.4) is 0 Å². The van der Waals surface area contributed by atoms with Crippen LogP contribution in [0.2, 0.25) is 0 Å². The third-order valence-corrected chi connectivity index (χ3v) is 1.33. The molecule has 0 aliphatic heterocycles. The second-order valence-electron chi connectivity index (χ2n) is 4.15. The highest BCUT2D eigenvalue weighted by Crippen LogP contribution is 1.81. The largest absolute Gasteiger partial charge is 0.396 e. The lowest BCUT2D eigenvalue weighted by Crippen LogP contribution is -1.93. The molecule has 18 heavy (non-hydrogen) atoms. The summed E-state index contributed by atoms with van der Waals surface area (Å²) >= 11 is 0. The van der Waals surface area contributed by atoms with Crippen LogP contribution in [0.4, 0.5) is 0 Å². The van der Waals surface area contributed by atoms with Crippen LogP contribution in [0.1, 0.15) is 67.2 Å². The maximum atomic E-state index is 8.36. The molecule has 1 unspecified atom stereocenters. The van der Waals surface area contributed by atoms with E-state index in [1.165, 1.54) is 0 Å². The molecule has 0 aromatic carbocycles. The van der Waals surface area contributed by atoms with Crippen LogP contribution < -0.4 is 0 Å². The van der Waals surface area contributed by atoms with Crippen molar-refractivity contribution in [3.63, 3.8) is 0 Å². The van der Waals surface area contributed by atoms with E-state index in [1.54, 1.807) is 20.8 Å². The number of hydrogen-bond donors (Lipinski definition) is 4. The zero-order valence-electron chi connectivity index (χ0n) is 13.2. The molecule has 0 saturated heterocycles. The molecule has 0 amide bonds. The van der Waals surface area contributed by atoms with Crippen LogP contribution in [0.15, 0.2) is 0 Å². The smallest absolute Gasteiger partial charge is 0.0509 e. The van der Waals surface area contributed by atoms with Crippen molar-refractivity contribution in [2.24, 2.45) is 0 Å². The average Bonchev–Trinajstić information content (AvgIpc) is 2.30. The lowest BCUT2D eigenvalue weighted by molar-refractivity contribution is 0.191. The predicted octanol–water partition coefficient (Wildman–Crippen LogP) is 2.33. The van der Waals surface area contributed by atoms with Gasteiger partial charge in [0.15, 0.2) is 0 Å². The Balaban J connectivity index is -0.0000000731. The van der Waals surface area contributed by atoms with E-state index in [2.05, 4.69) is 6.92 Å². The van der Waals surface area contributed by atoms with Gasteiger partial charge < -0.3 is 20.4 Å². The van der Waals surface area contributed by atoms with E-state index < -0.39 is 0 Å². The minimum atomic E-state index is -0.167. The maximum Gasteiger partial charge on any atom is 0.0509 e. The maximum absolute atomic E-state index is 8.36. The number of aliphatic hydroxyl groups is 4. The summed E-state index contributed by atoms with van der Waals surface area (Å²) < 4.78 is 0. The van der Waals surface area contributed by atoms with Crippen molar-refractivity contribution in [3.05, 3.63) is 0 Å². The molecule has 0 heterocycles. The molecule has 4 nitrogen and oxygen atoms in total. The van der Waals surface area contributed by atoms with Crippen LogP contribution in [0.5, 0.6) is 0 Å². The third-order valence-electron chi connectivity index (χ3n) is 1.33. The van der Waals surface area contributed by atoms with Gasteiger partial charge in [-0.3, -0.25) is 0 Å². The van der Waals surface area contributed by atoms with Gasteiger partial charge in [-0.05, 0) is 40.0 Å². The van der Waals surface area contributed by atoms with Crippen molar-refractivity contribution in [3.8, 4) is 0 Å². The van der Waals surface area contributed by atoms with Crippen LogP contribution >= 0.6 is 0 Å². The molecule has 0 aromatic heterocycles. The van der Waals surface area contributed by atoms with E-state index in [-0.39, 0.29) is 12.2 Å². The quantitative estimate of drug-likeness (QED) is 0.631. The molecule has 0 bridgehead atoms. The van der Waals surface area contributed by atoms with Gasteiger partial charge in [-0.15, -0.1) is 0 Å². The second-order valence-corrected chi connectivity index (χ2v) is 4.15. The molecule has 0 rings (SSSR count). The summed E-state index contributed by atoms with van der Waals surface area (Å²) in [6.07, 6.45) is 3.49. The Morgan fingerprint density at radius 3 is 1.06 bits per heavy atom. The first kappa shape index (κ1) is 26.4. The predicted molar refractivity (Wildman–Crippen MR) is 78.7 cm³/mol. The fraction of sp³-hybridized carbons (Fsp3) is 1.00. The van der Waals surface area contributed by atoms with Gasteiger partial charge in [0.25, 0.3) is 0 Å². The summed E-state index contributed by atoms with van der Waals surface area (Å²) in [6.45, 7) is 11.8. The molecule has 0 saturated carbocycles. The number of rotatable bonds is 4. The molecule has 0 spiro atoms. The Morgan fingerprint density at radius 1 is 0.778 bits per heavy atom. The fourth-order valence-corrected chi connectivity index (χ4v) is 0.158. The van der Waals surface area contributed by atoms with Gasteiger partial charge in [-0.25, -0.2) is 0 Å². The standard InChI is InChI=1S/2C4H10O.2C3H8O/c1-3-4(2)5;1-2-3-4-5;1-3(2)4;1-2-3-4/h4-5H,3H2,1-2H3;5H,2-4H2,1H3;3-4H,1-2H3;4H,2-3H2,1H3. The van der Waals surface area contributed by atoms with Gasteiger partial charge in [0.1, 0.15) is 0 Å². The second kappa shape index (κ2) is 30.1. The summed E-state index contributed by atoms with van der Waals surface area (Å²) in [5.41, 5.74) is 0. The Labute approximate surface area is 114 Å². The molecule has 4 heteroatoms. The topological polar surface area (TPSA) is 80.9 Å². The van der Waals surface area contributed by atoms with Gasteiger partial charge >= 0.3 is 0 Å². The van der Waals surface area contributed by atoms with Crippen LogP contribution in [0, 0.1) is 0 Å². The van der Waals surface area contributed by atoms with Crippen molar-refractivity contribution in [2.45, 2.75) is 79.4 Å². The van der Waals surface area contributed by atoms with E-state index in [0.717, 1.165) is 25.7 Å². The van der Waals surface area contributed by atoms with E-state index in [1.807, 2.05) is 13.8 Å². The molecule has 0 aliphatic carbocycles. The first-order valence-electron chi connectivity index (χ1n) is 6.91. The normalized spacial score (nSPS) is 10.2. The van der Waals surface area contributed by atoms with Gasteiger partial charge in [0, 0.05) is 19.3 Å². The summed E-state index contributed by atoms with van der Waals surface area (Å²) in [5, 5.41) is 32.4. The summed E-state index contributed by atoms with van der Waals surface area (Å²) in [5.74, 6) is 0. The molecule has 0 aromatic rings. The molecular formula is C14H36O4. The Morgan fingerprint density at radius 2 is 1.06 bits per heavy atom. The number of hydrogen-bond acceptors (Lipinski definition) is 4. The van der Waals surface area contributed by atoms with Crippen molar-refractivity contribution in [2.75, 3.05) is 13.2 Å². The lowest BCUT2D eigenvalue weighted by Gasteiger charge is -1.90. The van der Waals surface area contributed by atoms with Crippen molar-refractivity contribution in [1.82, 2.24) is 0 Å². The van der Waals surface area contributed by atoms with Crippen LogP contribution in [0.25, 0.3) is 0 Å². The fourth-order valence-electron chi connectivity index (χ4n) is 0.158. The summed E-state index contributed by atoms with van der Waals surface area (Å²) in [7, 11) is 0. The van der Waals surface area contributed by atoms with Crippen molar-refractivity contribution < 1.29 is 20.4 Å². The molecule has 0 fully saturated rings. The van der Waals surface area contributed by atoms with E-state index in [9.17, 15) is 0 Å². The lowest BCUT2D eigenvalue weighted by atomic mass is 10.3. The first-order chi connectivity index (χ1) is 8.33. The minimum absolute atomic E-state index is 0.116. The summed E-state index contributed by atoms with van der Waals surface area (Å²) in [4.78, 5) is 0. The zero-order chi connectivity index (χ0) is 15.4. The highest BCUT2D eigenvalue weighted by atomic mass is 16.3. The average molecular weight is 268 g/mol. The van der Waals surface area contributed by atoms with Crippen LogP contribution in [-0.2, 0) is 0 Å². The summed E-state index contributed by atoms with van der Waals surface area (Å²) in [6, 6.07) is 0. The molecular weight excluding hydrogens is 232 g/mol. The molecule has 1 atom stereocenters.